The van der Waals surface area contributed by atoms with E-state index in [1.54, 1.807) is 29.2 Å². The molecule has 0 saturated carbocycles. The zero-order valence-electron chi connectivity index (χ0n) is 17.2. The number of piperidine rings is 1. The van der Waals surface area contributed by atoms with Crippen LogP contribution in [0.3, 0.4) is 0 Å². The maximum atomic E-state index is 13.0. The van der Waals surface area contributed by atoms with Gasteiger partial charge < -0.3 is 19.8 Å². The van der Waals surface area contributed by atoms with E-state index in [9.17, 15) is 14.7 Å². The molecule has 6 heteroatoms. The van der Waals surface area contributed by atoms with Crippen LogP contribution in [0.15, 0.2) is 66.7 Å². The molecule has 0 aliphatic carbocycles. The Labute approximate surface area is 180 Å². The van der Waals surface area contributed by atoms with Crippen molar-refractivity contribution in [3.8, 4) is 5.75 Å². The fourth-order valence-corrected chi connectivity index (χ4v) is 3.99. The maximum Gasteiger partial charge on any atom is 0.306 e. The minimum atomic E-state index is -1.00. The largest absolute Gasteiger partial charge is 0.493 e. The van der Waals surface area contributed by atoms with E-state index >= 15 is 0 Å². The Balaban J connectivity index is 1.38. The number of amides is 1. The molecule has 1 fully saturated rings. The molecule has 2 N–H and O–H groups in total. The molecule has 0 aromatic heterocycles. The SMILES string of the molecule is O=C(O)CCOc1ccc(C2(O)CCN(C(=O)c3ccc4ccccc4c3)CC2)cc1. The number of carbonyl (C=O) groups excluding carboxylic acids is 1. The monoisotopic (exact) mass is 419 g/mol. The normalized spacial score (nSPS) is 15.6. The number of nitrogens with zero attached hydrogens (tertiary/aromatic N) is 1. The van der Waals surface area contributed by atoms with Crippen molar-refractivity contribution >= 4 is 22.6 Å². The molecule has 0 atom stereocenters. The zero-order valence-corrected chi connectivity index (χ0v) is 17.2. The molecular weight excluding hydrogens is 394 g/mol. The van der Waals surface area contributed by atoms with Crippen molar-refractivity contribution in [1.29, 1.82) is 0 Å². The van der Waals surface area contributed by atoms with Gasteiger partial charge in [0.05, 0.1) is 18.6 Å². The average molecular weight is 419 g/mol. The molecular formula is C25H25NO5. The number of ether oxygens (including phenoxy) is 1. The second kappa shape index (κ2) is 8.78. The summed E-state index contributed by atoms with van der Waals surface area (Å²) in [6.07, 6.45) is 0.837. The summed E-state index contributed by atoms with van der Waals surface area (Å²) in [5.41, 5.74) is 0.433. The highest BCUT2D eigenvalue weighted by atomic mass is 16.5. The fourth-order valence-electron chi connectivity index (χ4n) is 3.99. The predicted octanol–water partition coefficient (Wildman–Crippen LogP) is 3.82. The van der Waals surface area contributed by atoms with E-state index in [1.165, 1.54) is 0 Å². The van der Waals surface area contributed by atoms with Crippen molar-refractivity contribution in [1.82, 2.24) is 4.90 Å². The Hall–Kier alpha value is -3.38. The molecule has 1 heterocycles. The third-order valence-corrected chi connectivity index (χ3v) is 5.85. The molecule has 0 radical (unpaired) electrons. The number of hydrogen-bond acceptors (Lipinski definition) is 4. The number of benzene rings is 3. The highest BCUT2D eigenvalue weighted by Gasteiger charge is 2.35. The van der Waals surface area contributed by atoms with Crippen LogP contribution >= 0.6 is 0 Å². The van der Waals surface area contributed by atoms with E-state index in [-0.39, 0.29) is 18.9 Å². The smallest absolute Gasteiger partial charge is 0.306 e. The maximum absolute atomic E-state index is 13.0. The van der Waals surface area contributed by atoms with Crippen LogP contribution in [0, 0.1) is 0 Å². The molecule has 3 aromatic carbocycles. The van der Waals surface area contributed by atoms with E-state index in [0.29, 0.717) is 37.2 Å². The second-order valence-electron chi connectivity index (χ2n) is 7.90. The number of aliphatic carboxylic acids is 1. The van der Waals surface area contributed by atoms with E-state index in [0.717, 1.165) is 16.3 Å². The lowest BCUT2D eigenvalue weighted by Crippen LogP contribution is -2.45. The van der Waals surface area contributed by atoms with Gasteiger partial charge in [0.2, 0.25) is 0 Å². The summed E-state index contributed by atoms with van der Waals surface area (Å²) in [6, 6.07) is 20.8. The average Bonchev–Trinajstić information content (AvgIpc) is 2.79. The Kier molecular flexibility index (Phi) is 5.91. The molecule has 1 amide bonds. The third-order valence-electron chi connectivity index (χ3n) is 5.85. The van der Waals surface area contributed by atoms with Crippen LogP contribution in [-0.2, 0) is 10.4 Å². The standard InChI is InChI=1S/C25H25NO5/c27-23(28)11-16-31-22-9-7-21(8-10-22)25(30)12-14-26(15-13-25)24(29)20-6-5-18-3-1-2-4-19(18)17-20/h1-10,17,30H,11-16H2,(H,27,28). The number of fused-ring (bicyclic) bond motifs is 1. The van der Waals surface area contributed by atoms with Crippen molar-refractivity contribution in [2.24, 2.45) is 0 Å². The number of aliphatic hydroxyl groups is 1. The van der Waals surface area contributed by atoms with Crippen molar-refractivity contribution < 1.29 is 24.5 Å². The summed E-state index contributed by atoms with van der Waals surface area (Å²) < 4.78 is 5.40. The van der Waals surface area contributed by atoms with Gasteiger partial charge in [0.15, 0.2) is 0 Å². The van der Waals surface area contributed by atoms with Crippen LogP contribution < -0.4 is 4.74 Å². The summed E-state index contributed by atoms with van der Waals surface area (Å²) in [5, 5.41) is 22.0. The number of rotatable bonds is 6. The summed E-state index contributed by atoms with van der Waals surface area (Å²) in [4.78, 5) is 25.3. The number of likely N-dealkylation sites (tertiary alicyclic amines) is 1. The van der Waals surface area contributed by atoms with Gasteiger partial charge in [-0.3, -0.25) is 9.59 Å². The Morgan fingerprint density at radius 3 is 2.29 bits per heavy atom. The lowest BCUT2D eigenvalue weighted by atomic mass is 9.84. The quantitative estimate of drug-likeness (QED) is 0.634. The van der Waals surface area contributed by atoms with Crippen molar-refractivity contribution in [3.63, 3.8) is 0 Å². The zero-order chi connectivity index (χ0) is 21.8. The number of carbonyl (C=O) groups is 2. The molecule has 0 spiro atoms. The van der Waals surface area contributed by atoms with E-state index in [1.807, 2.05) is 42.5 Å². The van der Waals surface area contributed by atoms with Gasteiger partial charge in [-0.05, 0) is 53.4 Å². The minimum absolute atomic E-state index is 0.0185. The summed E-state index contributed by atoms with van der Waals surface area (Å²) in [6.45, 7) is 1.04. The van der Waals surface area contributed by atoms with Crippen LogP contribution in [0.25, 0.3) is 10.8 Å². The van der Waals surface area contributed by atoms with Gasteiger partial charge in [-0.2, -0.15) is 0 Å². The molecule has 1 aliphatic heterocycles. The molecule has 160 valence electrons. The molecule has 0 bridgehead atoms. The van der Waals surface area contributed by atoms with Gasteiger partial charge >= 0.3 is 5.97 Å². The number of hydrogen-bond donors (Lipinski definition) is 2. The third kappa shape index (κ3) is 4.70. The summed E-state index contributed by atoms with van der Waals surface area (Å²) in [5.74, 6) is -0.358. The minimum Gasteiger partial charge on any atom is -0.493 e. The lowest BCUT2D eigenvalue weighted by Gasteiger charge is -2.38. The molecule has 1 aliphatic rings. The number of carboxylic acids is 1. The van der Waals surface area contributed by atoms with Gasteiger partial charge in [0.25, 0.3) is 5.91 Å². The van der Waals surface area contributed by atoms with E-state index < -0.39 is 11.6 Å². The van der Waals surface area contributed by atoms with Crippen LogP contribution in [0.2, 0.25) is 0 Å². The molecule has 1 saturated heterocycles. The first-order chi connectivity index (χ1) is 14.9. The number of carboxylic acid groups (broad SMARTS) is 1. The van der Waals surface area contributed by atoms with Crippen molar-refractivity contribution in [2.75, 3.05) is 19.7 Å². The molecule has 6 nitrogen and oxygen atoms in total. The molecule has 0 unspecified atom stereocenters. The van der Waals surface area contributed by atoms with Gasteiger partial charge in [-0.25, -0.2) is 0 Å². The summed E-state index contributed by atoms with van der Waals surface area (Å²) >= 11 is 0. The Morgan fingerprint density at radius 2 is 1.61 bits per heavy atom. The van der Waals surface area contributed by atoms with Crippen LogP contribution in [-0.4, -0.2) is 46.7 Å². The topological polar surface area (TPSA) is 87.1 Å². The van der Waals surface area contributed by atoms with Gasteiger partial charge in [0, 0.05) is 18.7 Å². The summed E-state index contributed by atoms with van der Waals surface area (Å²) in [7, 11) is 0. The van der Waals surface area contributed by atoms with Crippen LogP contribution in [0.5, 0.6) is 5.75 Å². The first-order valence-electron chi connectivity index (χ1n) is 10.4. The first-order valence-corrected chi connectivity index (χ1v) is 10.4. The van der Waals surface area contributed by atoms with E-state index in [2.05, 4.69) is 0 Å². The van der Waals surface area contributed by atoms with Crippen molar-refractivity contribution in [3.05, 3.63) is 77.9 Å². The van der Waals surface area contributed by atoms with Gasteiger partial charge in [0.1, 0.15) is 5.75 Å². The molecule has 4 rings (SSSR count). The van der Waals surface area contributed by atoms with Gasteiger partial charge in [-0.1, -0.05) is 42.5 Å². The molecule has 31 heavy (non-hydrogen) atoms. The first kappa shape index (κ1) is 20.9. The highest BCUT2D eigenvalue weighted by molar-refractivity contribution is 5.98. The fraction of sp³-hybridized carbons (Fsp3) is 0.280. The van der Waals surface area contributed by atoms with Crippen LogP contribution in [0.1, 0.15) is 35.2 Å². The highest BCUT2D eigenvalue weighted by Crippen LogP contribution is 2.34. The van der Waals surface area contributed by atoms with Gasteiger partial charge in [-0.15, -0.1) is 0 Å². The molecule has 3 aromatic rings. The lowest BCUT2D eigenvalue weighted by molar-refractivity contribution is -0.137. The van der Waals surface area contributed by atoms with Crippen LogP contribution in [0.4, 0.5) is 0 Å². The predicted molar refractivity (Wildman–Crippen MR) is 117 cm³/mol. The Bertz CT molecular complexity index is 1080. The van der Waals surface area contributed by atoms with E-state index in [4.69, 9.17) is 9.84 Å². The van der Waals surface area contributed by atoms with Crippen molar-refractivity contribution in [2.45, 2.75) is 24.9 Å². The second-order valence-corrected chi connectivity index (χ2v) is 7.90. The Morgan fingerprint density at radius 1 is 0.935 bits per heavy atom.